The van der Waals surface area contributed by atoms with E-state index in [1.807, 2.05) is 6.07 Å². The van der Waals surface area contributed by atoms with Crippen molar-refractivity contribution in [1.29, 1.82) is 0 Å². The van der Waals surface area contributed by atoms with Crippen LogP contribution in [-0.4, -0.2) is 60.2 Å². The Morgan fingerprint density at radius 2 is 2.04 bits per heavy atom. The summed E-state index contributed by atoms with van der Waals surface area (Å²) in [6.45, 7) is 5.35. The number of amides is 1. The van der Waals surface area contributed by atoms with Gasteiger partial charge in [0, 0.05) is 51.1 Å². The fourth-order valence-electron chi connectivity index (χ4n) is 3.60. The molecule has 2 aromatic rings. The minimum atomic E-state index is -0.557. The number of carbonyl (C=O) groups excluding carboxylic acids is 1. The van der Waals surface area contributed by atoms with Gasteiger partial charge in [-0.2, -0.15) is 0 Å². The van der Waals surface area contributed by atoms with Crippen molar-refractivity contribution in [2.24, 2.45) is 0 Å². The molecule has 8 heteroatoms. The third-order valence-electron chi connectivity index (χ3n) is 5.15. The molecule has 2 aliphatic rings. The molecule has 0 radical (unpaired) electrons. The number of aryl methyl sites for hydroxylation is 1. The van der Waals surface area contributed by atoms with Gasteiger partial charge in [-0.05, 0) is 25.0 Å². The smallest absolute Gasteiger partial charge is 0.349 e. The quantitative estimate of drug-likeness (QED) is 0.802. The van der Waals surface area contributed by atoms with Gasteiger partial charge >= 0.3 is 5.63 Å². The van der Waals surface area contributed by atoms with Crippen LogP contribution in [0.2, 0.25) is 0 Å². The minimum Gasteiger partial charge on any atom is -0.427 e. The number of hydrogen-bond acceptors (Lipinski definition) is 7. The number of aromatic nitrogens is 2. The largest absolute Gasteiger partial charge is 0.427 e. The second kappa shape index (κ2) is 7.48. The fraction of sp³-hybridized carbons (Fsp3) is 0.474. The average molecular weight is 370 g/mol. The summed E-state index contributed by atoms with van der Waals surface area (Å²) >= 11 is 0. The molecule has 0 spiro atoms. The molecule has 8 nitrogen and oxygen atoms in total. The van der Waals surface area contributed by atoms with E-state index in [2.05, 4.69) is 14.9 Å². The molecular weight excluding hydrogens is 348 g/mol. The molecule has 0 N–H and O–H groups in total. The molecule has 2 saturated heterocycles. The van der Waals surface area contributed by atoms with Crippen LogP contribution in [0, 0.1) is 6.92 Å². The van der Waals surface area contributed by atoms with Crippen LogP contribution in [0.4, 0.5) is 5.82 Å². The Hall–Kier alpha value is -2.74. The van der Waals surface area contributed by atoms with Crippen LogP contribution in [0.3, 0.4) is 0 Å². The Labute approximate surface area is 156 Å². The van der Waals surface area contributed by atoms with E-state index >= 15 is 0 Å². The maximum atomic E-state index is 12.9. The summed E-state index contributed by atoms with van der Waals surface area (Å²) in [5.74, 6) is 1.23. The average Bonchev–Trinajstić information content (AvgIpc) is 3.23. The number of hydrogen-bond donors (Lipinski definition) is 0. The van der Waals surface area contributed by atoms with Crippen molar-refractivity contribution in [3.63, 3.8) is 0 Å². The zero-order chi connectivity index (χ0) is 18.8. The van der Waals surface area contributed by atoms with Gasteiger partial charge in [0.25, 0.3) is 5.91 Å². The molecule has 142 valence electrons. The Morgan fingerprint density at radius 3 is 2.67 bits per heavy atom. The Morgan fingerprint density at radius 1 is 1.22 bits per heavy atom. The van der Waals surface area contributed by atoms with Crippen LogP contribution in [0.15, 0.2) is 33.9 Å². The third kappa shape index (κ3) is 3.57. The highest BCUT2D eigenvalue weighted by Gasteiger charge is 2.28. The van der Waals surface area contributed by atoms with Gasteiger partial charge in [0.2, 0.25) is 0 Å². The molecule has 1 unspecified atom stereocenters. The predicted molar refractivity (Wildman–Crippen MR) is 98.0 cm³/mol. The van der Waals surface area contributed by atoms with Gasteiger partial charge in [0.15, 0.2) is 0 Å². The second-order valence-electron chi connectivity index (χ2n) is 6.90. The van der Waals surface area contributed by atoms with E-state index in [0.717, 1.165) is 12.2 Å². The lowest BCUT2D eigenvalue weighted by Gasteiger charge is -2.35. The van der Waals surface area contributed by atoms with Crippen LogP contribution < -0.4 is 10.5 Å². The summed E-state index contributed by atoms with van der Waals surface area (Å²) in [4.78, 5) is 37.6. The Bertz CT molecular complexity index is 869. The predicted octanol–water partition coefficient (Wildman–Crippen LogP) is 1.20. The second-order valence-corrected chi connectivity index (χ2v) is 6.90. The van der Waals surface area contributed by atoms with Gasteiger partial charge in [-0.3, -0.25) is 9.78 Å². The standard InChI is InChI=1S/C19H22N4O4/c1-13-10-15(14-2-9-26-12-14)27-19(25)17(13)18(24)23-7-5-22(6-8-23)16-11-20-3-4-21-16/h3-4,10-11,14H,2,5-9,12H2,1H3. The van der Waals surface area contributed by atoms with Crippen molar-refractivity contribution in [2.75, 3.05) is 44.3 Å². The first-order chi connectivity index (χ1) is 13.1. The molecule has 0 aromatic carbocycles. The molecule has 2 aromatic heterocycles. The van der Waals surface area contributed by atoms with Crippen LogP contribution in [0.5, 0.6) is 0 Å². The number of nitrogens with zero attached hydrogens (tertiary/aromatic N) is 4. The SMILES string of the molecule is Cc1cc(C2CCOC2)oc(=O)c1C(=O)N1CCN(c2cnccn2)CC1. The number of piperazine rings is 1. The van der Waals surface area contributed by atoms with Gasteiger partial charge in [-0.15, -0.1) is 0 Å². The van der Waals surface area contributed by atoms with Crippen molar-refractivity contribution >= 4 is 11.7 Å². The summed E-state index contributed by atoms with van der Waals surface area (Å²) in [6, 6.07) is 1.81. The zero-order valence-corrected chi connectivity index (χ0v) is 15.3. The lowest BCUT2D eigenvalue weighted by molar-refractivity contribution is 0.0740. The van der Waals surface area contributed by atoms with Gasteiger partial charge in [0.05, 0.1) is 12.8 Å². The molecule has 1 amide bonds. The highest BCUT2D eigenvalue weighted by molar-refractivity contribution is 5.95. The molecule has 2 aliphatic heterocycles. The van der Waals surface area contributed by atoms with Crippen LogP contribution in [0.25, 0.3) is 0 Å². The van der Waals surface area contributed by atoms with E-state index in [1.54, 1.807) is 30.4 Å². The molecular formula is C19H22N4O4. The highest BCUT2D eigenvalue weighted by Crippen LogP contribution is 2.25. The summed E-state index contributed by atoms with van der Waals surface area (Å²) in [6.07, 6.45) is 5.83. The molecule has 4 rings (SSSR count). The van der Waals surface area contributed by atoms with Crippen molar-refractivity contribution < 1.29 is 13.9 Å². The van der Waals surface area contributed by atoms with Crippen molar-refractivity contribution in [3.05, 3.63) is 52.0 Å². The fourth-order valence-corrected chi connectivity index (χ4v) is 3.60. The van der Waals surface area contributed by atoms with Crippen LogP contribution >= 0.6 is 0 Å². The highest BCUT2D eigenvalue weighted by atomic mass is 16.5. The number of ether oxygens (including phenoxy) is 1. The van der Waals surface area contributed by atoms with Crippen LogP contribution in [-0.2, 0) is 4.74 Å². The topological polar surface area (TPSA) is 88.8 Å². The van der Waals surface area contributed by atoms with Gasteiger partial charge in [-0.1, -0.05) is 0 Å². The number of carbonyl (C=O) groups is 1. The number of anilines is 1. The maximum absolute atomic E-state index is 12.9. The Kier molecular flexibility index (Phi) is 4.89. The third-order valence-corrected chi connectivity index (χ3v) is 5.15. The molecule has 2 fully saturated rings. The van der Waals surface area contributed by atoms with Crippen molar-refractivity contribution in [3.8, 4) is 0 Å². The van der Waals surface area contributed by atoms with Gasteiger partial charge in [-0.25, -0.2) is 9.78 Å². The summed E-state index contributed by atoms with van der Waals surface area (Å²) < 4.78 is 10.8. The normalized spacial score (nSPS) is 20.1. The van der Waals surface area contributed by atoms with E-state index in [1.165, 1.54) is 0 Å². The van der Waals surface area contributed by atoms with Gasteiger partial charge in [0.1, 0.15) is 17.1 Å². The molecule has 0 saturated carbocycles. The van der Waals surface area contributed by atoms with E-state index in [-0.39, 0.29) is 17.4 Å². The van der Waals surface area contributed by atoms with E-state index in [9.17, 15) is 9.59 Å². The molecule has 0 bridgehead atoms. The van der Waals surface area contributed by atoms with Crippen molar-refractivity contribution in [2.45, 2.75) is 19.3 Å². The minimum absolute atomic E-state index is 0.0936. The lowest BCUT2D eigenvalue weighted by Crippen LogP contribution is -2.50. The zero-order valence-electron chi connectivity index (χ0n) is 15.3. The summed E-state index contributed by atoms with van der Waals surface area (Å²) in [7, 11) is 0. The summed E-state index contributed by atoms with van der Waals surface area (Å²) in [5, 5.41) is 0. The molecule has 0 aliphatic carbocycles. The maximum Gasteiger partial charge on any atom is 0.349 e. The monoisotopic (exact) mass is 370 g/mol. The van der Waals surface area contributed by atoms with Gasteiger partial charge < -0.3 is 19.0 Å². The van der Waals surface area contributed by atoms with E-state index in [0.29, 0.717) is 50.7 Å². The summed E-state index contributed by atoms with van der Waals surface area (Å²) in [5.41, 5.74) is 0.235. The van der Waals surface area contributed by atoms with Crippen molar-refractivity contribution in [1.82, 2.24) is 14.9 Å². The van der Waals surface area contributed by atoms with E-state index in [4.69, 9.17) is 9.15 Å². The van der Waals surface area contributed by atoms with E-state index < -0.39 is 5.63 Å². The first-order valence-electron chi connectivity index (χ1n) is 9.16. The lowest BCUT2D eigenvalue weighted by atomic mass is 10.0. The first kappa shape index (κ1) is 17.7. The van der Waals surface area contributed by atoms with Crippen LogP contribution in [0.1, 0.15) is 34.0 Å². The molecule has 1 atom stereocenters. The Balaban J connectivity index is 1.48. The molecule has 4 heterocycles. The molecule has 27 heavy (non-hydrogen) atoms. The number of rotatable bonds is 3. The first-order valence-corrected chi connectivity index (χ1v) is 9.16.